The van der Waals surface area contributed by atoms with Gasteiger partial charge in [-0.2, -0.15) is 4.31 Å². The van der Waals surface area contributed by atoms with Gasteiger partial charge in [0.1, 0.15) is 4.90 Å². The van der Waals surface area contributed by atoms with Crippen molar-refractivity contribution in [1.29, 1.82) is 0 Å². The van der Waals surface area contributed by atoms with Gasteiger partial charge in [0.15, 0.2) is 0 Å². The summed E-state index contributed by atoms with van der Waals surface area (Å²) in [7, 11) is -3.89. The van der Waals surface area contributed by atoms with E-state index in [0.29, 0.717) is 18.9 Å². The summed E-state index contributed by atoms with van der Waals surface area (Å²) in [4.78, 5) is 25.0. The molecule has 2 aromatic carbocycles. The number of rotatable bonds is 7. The van der Waals surface area contributed by atoms with Crippen LogP contribution in [0.2, 0.25) is 5.02 Å². The minimum Gasteiger partial charge on any atom is -0.379 e. The second-order valence-electron chi connectivity index (χ2n) is 6.66. The monoisotopic (exact) mass is 463 g/mol. The Balaban J connectivity index is 1.86. The van der Waals surface area contributed by atoms with Crippen LogP contribution in [0.1, 0.15) is 20.7 Å². The van der Waals surface area contributed by atoms with E-state index >= 15 is 0 Å². The van der Waals surface area contributed by atoms with Crippen LogP contribution in [0.5, 0.6) is 0 Å². The molecule has 3 rings (SSSR count). The number of anilines is 1. The van der Waals surface area contributed by atoms with Crippen LogP contribution in [0.15, 0.2) is 60.0 Å². The number of benzene rings is 2. The zero-order valence-corrected chi connectivity index (χ0v) is 18.2. The van der Waals surface area contributed by atoms with E-state index in [9.17, 15) is 18.0 Å². The normalized spacial score (nSPS) is 14.6. The highest BCUT2D eigenvalue weighted by atomic mass is 35.5. The number of hydrogen-bond acceptors (Lipinski definition) is 5. The Morgan fingerprint density at radius 3 is 2.55 bits per heavy atom. The molecule has 2 amide bonds. The van der Waals surface area contributed by atoms with Crippen LogP contribution in [0.25, 0.3) is 0 Å². The number of carbonyl (C=O) groups excluding carboxylic acids is 2. The summed E-state index contributed by atoms with van der Waals surface area (Å²) in [6.07, 6.45) is 1.54. The maximum absolute atomic E-state index is 13.0. The summed E-state index contributed by atoms with van der Waals surface area (Å²) >= 11 is 6.15. The van der Waals surface area contributed by atoms with Crippen LogP contribution in [0.4, 0.5) is 5.69 Å². The minimum absolute atomic E-state index is 0.0206. The molecule has 1 aliphatic heterocycles. The Morgan fingerprint density at radius 2 is 1.84 bits per heavy atom. The average Bonchev–Trinajstić information content (AvgIpc) is 2.78. The first kappa shape index (κ1) is 23.0. The maximum Gasteiger partial charge on any atom is 0.255 e. The SMILES string of the molecule is C=CCNC(=O)c1ccccc1NC(=O)c1ccc(Cl)c(S(=O)(=O)N2CCOCC2)c1. The van der Waals surface area contributed by atoms with Gasteiger partial charge in [0.2, 0.25) is 10.0 Å². The molecule has 1 heterocycles. The van der Waals surface area contributed by atoms with E-state index in [2.05, 4.69) is 17.2 Å². The number of amides is 2. The molecule has 8 nitrogen and oxygen atoms in total. The molecule has 164 valence electrons. The number of morpholine rings is 1. The molecule has 1 aliphatic rings. The van der Waals surface area contributed by atoms with Crippen LogP contribution in [0, 0.1) is 0 Å². The summed E-state index contributed by atoms with van der Waals surface area (Å²) in [5, 5.41) is 5.34. The van der Waals surface area contributed by atoms with Gasteiger partial charge in [-0.05, 0) is 30.3 Å². The smallest absolute Gasteiger partial charge is 0.255 e. The van der Waals surface area contributed by atoms with Crippen molar-refractivity contribution >= 4 is 39.1 Å². The van der Waals surface area contributed by atoms with Crippen LogP contribution in [-0.4, -0.2) is 57.4 Å². The fourth-order valence-electron chi connectivity index (χ4n) is 3.01. The van der Waals surface area contributed by atoms with Gasteiger partial charge in [0.25, 0.3) is 11.8 Å². The fraction of sp³-hybridized carbons (Fsp3) is 0.238. The first-order valence-electron chi connectivity index (χ1n) is 9.51. The number of nitrogens with zero attached hydrogens (tertiary/aromatic N) is 1. The molecule has 31 heavy (non-hydrogen) atoms. The molecule has 0 aromatic heterocycles. The quantitative estimate of drug-likeness (QED) is 0.614. The van der Waals surface area contributed by atoms with Crippen molar-refractivity contribution in [2.45, 2.75) is 4.90 Å². The molecular weight excluding hydrogens is 442 g/mol. The largest absolute Gasteiger partial charge is 0.379 e. The lowest BCUT2D eigenvalue weighted by Crippen LogP contribution is -2.40. The van der Waals surface area contributed by atoms with Gasteiger partial charge < -0.3 is 15.4 Å². The molecule has 0 aliphatic carbocycles. The van der Waals surface area contributed by atoms with Gasteiger partial charge in [-0.25, -0.2) is 8.42 Å². The predicted octanol–water partition coefficient (Wildman–Crippen LogP) is 2.53. The first-order chi connectivity index (χ1) is 14.8. The van der Waals surface area contributed by atoms with E-state index in [-0.39, 0.29) is 46.6 Å². The number of carbonyl (C=O) groups is 2. The molecule has 0 radical (unpaired) electrons. The average molecular weight is 464 g/mol. The van der Waals surface area contributed by atoms with Gasteiger partial charge in [0, 0.05) is 25.2 Å². The van der Waals surface area contributed by atoms with Gasteiger partial charge in [-0.1, -0.05) is 29.8 Å². The Morgan fingerprint density at radius 1 is 1.13 bits per heavy atom. The molecule has 1 saturated heterocycles. The number of hydrogen-bond donors (Lipinski definition) is 2. The van der Waals surface area contributed by atoms with Crippen molar-refractivity contribution in [3.05, 3.63) is 71.3 Å². The van der Waals surface area contributed by atoms with Crippen molar-refractivity contribution in [2.24, 2.45) is 0 Å². The predicted molar refractivity (Wildman–Crippen MR) is 118 cm³/mol. The van der Waals surface area contributed by atoms with Gasteiger partial charge >= 0.3 is 0 Å². The summed E-state index contributed by atoms with van der Waals surface area (Å²) in [6, 6.07) is 10.5. The molecule has 0 atom stereocenters. The van der Waals surface area contributed by atoms with Gasteiger partial charge in [-0.3, -0.25) is 9.59 Å². The summed E-state index contributed by atoms with van der Waals surface area (Å²) in [6.45, 7) is 4.84. The standard InChI is InChI=1S/C21H22ClN3O5S/c1-2-9-23-21(27)16-5-3-4-6-18(16)24-20(26)15-7-8-17(22)19(14-15)31(28,29)25-10-12-30-13-11-25/h2-8,14H,1,9-13H2,(H,23,27)(H,24,26). The van der Waals surface area contributed by atoms with Crippen LogP contribution in [-0.2, 0) is 14.8 Å². The summed E-state index contributed by atoms with van der Waals surface area (Å²) in [5.74, 6) is -0.943. The molecule has 0 saturated carbocycles. The highest BCUT2D eigenvalue weighted by Gasteiger charge is 2.29. The van der Waals surface area contributed by atoms with E-state index < -0.39 is 15.9 Å². The molecule has 2 N–H and O–H groups in total. The van der Waals surface area contributed by atoms with Crippen molar-refractivity contribution < 1.29 is 22.7 Å². The number of halogens is 1. The second-order valence-corrected chi connectivity index (χ2v) is 8.97. The molecule has 10 heteroatoms. The summed E-state index contributed by atoms with van der Waals surface area (Å²) in [5.41, 5.74) is 0.659. The maximum atomic E-state index is 13.0. The third-order valence-electron chi connectivity index (χ3n) is 4.61. The second kappa shape index (κ2) is 10.1. The van der Waals surface area contributed by atoms with Crippen molar-refractivity contribution in [1.82, 2.24) is 9.62 Å². The molecule has 2 aromatic rings. The van der Waals surface area contributed by atoms with Gasteiger partial charge in [0.05, 0.1) is 29.5 Å². The Labute approximate surface area is 185 Å². The highest BCUT2D eigenvalue weighted by molar-refractivity contribution is 7.89. The summed E-state index contributed by atoms with van der Waals surface area (Å²) < 4.78 is 32.4. The number of nitrogens with one attached hydrogen (secondary N) is 2. The van der Waals surface area contributed by atoms with Crippen LogP contribution in [0.3, 0.4) is 0 Å². The highest BCUT2D eigenvalue weighted by Crippen LogP contribution is 2.27. The lowest BCUT2D eigenvalue weighted by atomic mass is 10.1. The van der Waals surface area contributed by atoms with Crippen molar-refractivity contribution in [2.75, 3.05) is 38.2 Å². The van der Waals surface area contributed by atoms with Crippen molar-refractivity contribution in [3.63, 3.8) is 0 Å². The molecule has 1 fully saturated rings. The molecule has 0 unspecified atom stereocenters. The van der Waals surface area contributed by atoms with Gasteiger partial charge in [-0.15, -0.1) is 6.58 Å². The molecule has 0 bridgehead atoms. The van der Waals surface area contributed by atoms with E-state index in [1.807, 2.05) is 0 Å². The third-order valence-corrected chi connectivity index (χ3v) is 6.99. The Kier molecular flexibility index (Phi) is 7.45. The zero-order chi connectivity index (χ0) is 22.4. The van der Waals surface area contributed by atoms with E-state index in [4.69, 9.17) is 16.3 Å². The Hall–Kier alpha value is -2.72. The molecule has 0 spiro atoms. The fourth-order valence-corrected chi connectivity index (χ4v) is 4.92. The minimum atomic E-state index is -3.89. The lowest BCUT2D eigenvalue weighted by Gasteiger charge is -2.26. The van der Waals surface area contributed by atoms with Crippen molar-refractivity contribution in [3.8, 4) is 0 Å². The van der Waals surface area contributed by atoms with Crippen LogP contribution >= 0.6 is 11.6 Å². The lowest BCUT2D eigenvalue weighted by molar-refractivity contribution is 0.0730. The molecular formula is C21H22ClN3O5S. The zero-order valence-electron chi connectivity index (χ0n) is 16.6. The van der Waals surface area contributed by atoms with E-state index in [1.54, 1.807) is 30.3 Å². The third kappa shape index (κ3) is 5.31. The van der Waals surface area contributed by atoms with E-state index in [0.717, 1.165) is 0 Å². The van der Waals surface area contributed by atoms with Crippen LogP contribution < -0.4 is 10.6 Å². The number of para-hydroxylation sites is 1. The number of ether oxygens (including phenoxy) is 1. The van der Waals surface area contributed by atoms with E-state index in [1.165, 1.54) is 22.5 Å². The first-order valence-corrected chi connectivity index (χ1v) is 11.3. The number of sulfonamides is 1. The topological polar surface area (TPSA) is 105 Å². The Bertz CT molecular complexity index is 1100.